The molecule has 0 bridgehead atoms. The van der Waals surface area contributed by atoms with E-state index in [1.807, 2.05) is 31.2 Å². The van der Waals surface area contributed by atoms with Gasteiger partial charge in [0.1, 0.15) is 11.4 Å². The van der Waals surface area contributed by atoms with Gasteiger partial charge in [-0.3, -0.25) is 4.68 Å². The van der Waals surface area contributed by atoms with Crippen LogP contribution in [0.5, 0.6) is 11.6 Å². The predicted octanol–water partition coefficient (Wildman–Crippen LogP) is 2.25. The molecule has 0 radical (unpaired) electrons. The predicted molar refractivity (Wildman–Crippen MR) is 85.8 cm³/mol. The molecule has 0 aliphatic carbocycles. The summed E-state index contributed by atoms with van der Waals surface area (Å²) in [6, 6.07) is 7.44. The van der Waals surface area contributed by atoms with E-state index in [4.69, 9.17) is 9.47 Å². The van der Waals surface area contributed by atoms with Crippen LogP contribution in [0.25, 0.3) is 0 Å². The van der Waals surface area contributed by atoms with Gasteiger partial charge in [-0.2, -0.15) is 0 Å². The van der Waals surface area contributed by atoms with Gasteiger partial charge in [0.05, 0.1) is 25.5 Å². The Labute approximate surface area is 134 Å². The third-order valence-corrected chi connectivity index (χ3v) is 3.97. The number of nitrogens with one attached hydrogen (secondary N) is 2. The number of aryl methyl sites for hydroxylation is 1. The zero-order valence-electron chi connectivity index (χ0n) is 13.4. The monoisotopic (exact) mass is 316 g/mol. The van der Waals surface area contributed by atoms with Crippen LogP contribution < -0.4 is 20.1 Å². The molecule has 7 nitrogen and oxygen atoms in total. The number of methoxy groups -OCH3 is 1. The van der Waals surface area contributed by atoms with Gasteiger partial charge < -0.3 is 20.1 Å². The van der Waals surface area contributed by atoms with Crippen LogP contribution in [0.1, 0.15) is 18.9 Å². The fourth-order valence-corrected chi connectivity index (χ4v) is 2.79. The summed E-state index contributed by atoms with van der Waals surface area (Å²) < 4.78 is 12.4. The van der Waals surface area contributed by atoms with E-state index < -0.39 is 5.54 Å². The number of rotatable bonds is 3. The van der Waals surface area contributed by atoms with Gasteiger partial charge >= 0.3 is 6.03 Å². The van der Waals surface area contributed by atoms with Crippen molar-refractivity contribution in [2.45, 2.75) is 18.9 Å². The molecule has 2 N–H and O–H groups in total. The van der Waals surface area contributed by atoms with Crippen LogP contribution >= 0.6 is 0 Å². The number of hydrogen-bond donors (Lipinski definition) is 2. The Balaban J connectivity index is 1.78. The fraction of sp³-hybridized carbons (Fsp3) is 0.375. The van der Waals surface area contributed by atoms with E-state index >= 15 is 0 Å². The Hall–Kier alpha value is -2.70. The fourth-order valence-electron chi connectivity index (χ4n) is 2.79. The second-order valence-electron chi connectivity index (χ2n) is 5.73. The van der Waals surface area contributed by atoms with Gasteiger partial charge in [-0.25, -0.2) is 4.79 Å². The third kappa shape index (κ3) is 2.94. The van der Waals surface area contributed by atoms with E-state index in [1.165, 1.54) is 7.11 Å². The molecule has 23 heavy (non-hydrogen) atoms. The standard InChI is InChI=1S/C16H20N4O3/c1-16(8-9-23-13-7-5-4-6-11(13)16)18-15(21)17-12-10-20(2)19-14(12)22-3/h4-7,10H,8-9H2,1-3H3,(H2,17,18,21). The number of para-hydroxylation sites is 1. The van der Waals surface area contributed by atoms with E-state index in [0.717, 1.165) is 11.3 Å². The maximum Gasteiger partial charge on any atom is 0.320 e. The summed E-state index contributed by atoms with van der Waals surface area (Å²) in [5, 5.41) is 9.94. The van der Waals surface area contributed by atoms with Gasteiger partial charge in [-0.05, 0) is 13.0 Å². The number of carbonyl (C=O) groups excluding carboxylic acids is 1. The molecular weight excluding hydrogens is 296 g/mol. The minimum atomic E-state index is -0.492. The lowest BCUT2D eigenvalue weighted by Crippen LogP contribution is -2.48. The Kier molecular flexibility index (Phi) is 3.85. The van der Waals surface area contributed by atoms with Gasteiger partial charge in [-0.15, -0.1) is 5.10 Å². The number of carbonyl (C=O) groups is 1. The summed E-state index contributed by atoms with van der Waals surface area (Å²) in [6.45, 7) is 2.55. The number of anilines is 1. The van der Waals surface area contributed by atoms with Crippen LogP contribution in [-0.2, 0) is 12.6 Å². The van der Waals surface area contributed by atoms with Crippen LogP contribution in [0.15, 0.2) is 30.5 Å². The Morgan fingerprint density at radius 1 is 1.43 bits per heavy atom. The number of fused-ring (bicyclic) bond motifs is 1. The van der Waals surface area contributed by atoms with Crippen LogP contribution in [0.4, 0.5) is 10.5 Å². The highest BCUT2D eigenvalue weighted by molar-refractivity contribution is 5.91. The molecule has 0 fully saturated rings. The average Bonchev–Trinajstić information content (AvgIpc) is 2.87. The van der Waals surface area contributed by atoms with Crippen LogP contribution in [-0.4, -0.2) is 29.5 Å². The van der Waals surface area contributed by atoms with Crippen molar-refractivity contribution < 1.29 is 14.3 Å². The van der Waals surface area contributed by atoms with Gasteiger partial charge in [0, 0.05) is 19.0 Å². The van der Waals surface area contributed by atoms with Crippen molar-refractivity contribution in [2.24, 2.45) is 7.05 Å². The number of hydrogen-bond acceptors (Lipinski definition) is 4. The van der Waals surface area contributed by atoms with E-state index in [9.17, 15) is 4.79 Å². The summed E-state index contributed by atoms with van der Waals surface area (Å²) >= 11 is 0. The van der Waals surface area contributed by atoms with Gasteiger partial charge in [-0.1, -0.05) is 18.2 Å². The number of benzene rings is 1. The van der Waals surface area contributed by atoms with Crippen molar-refractivity contribution in [3.05, 3.63) is 36.0 Å². The largest absolute Gasteiger partial charge is 0.493 e. The normalized spacial score (nSPS) is 19.4. The molecule has 2 amide bonds. The maximum atomic E-state index is 12.4. The molecule has 1 aliphatic rings. The molecule has 3 rings (SSSR count). The highest BCUT2D eigenvalue weighted by Crippen LogP contribution is 2.36. The molecule has 7 heteroatoms. The number of amides is 2. The van der Waals surface area contributed by atoms with Crippen molar-refractivity contribution >= 4 is 11.7 Å². The Bertz CT molecular complexity index is 728. The molecule has 2 heterocycles. The molecule has 0 spiro atoms. The second-order valence-corrected chi connectivity index (χ2v) is 5.73. The first-order valence-electron chi connectivity index (χ1n) is 7.41. The molecule has 1 unspecified atom stereocenters. The summed E-state index contributed by atoms with van der Waals surface area (Å²) in [5.74, 6) is 1.18. The molecule has 1 aliphatic heterocycles. The van der Waals surface area contributed by atoms with Crippen molar-refractivity contribution in [3.8, 4) is 11.6 Å². The minimum absolute atomic E-state index is 0.310. The summed E-state index contributed by atoms with van der Waals surface area (Å²) in [5.41, 5.74) is 1.00. The van der Waals surface area contributed by atoms with E-state index in [0.29, 0.717) is 24.6 Å². The van der Waals surface area contributed by atoms with Crippen molar-refractivity contribution in [3.63, 3.8) is 0 Å². The van der Waals surface area contributed by atoms with Gasteiger partial charge in [0.2, 0.25) is 0 Å². The Morgan fingerprint density at radius 2 is 2.22 bits per heavy atom. The number of ether oxygens (including phenoxy) is 2. The van der Waals surface area contributed by atoms with Crippen LogP contribution in [0, 0.1) is 0 Å². The maximum absolute atomic E-state index is 12.4. The molecule has 1 aromatic heterocycles. The van der Waals surface area contributed by atoms with Crippen LogP contribution in [0.3, 0.4) is 0 Å². The molecule has 1 atom stereocenters. The first-order chi connectivity index (χ1) is 11.0. The molecule has 2 aromatic rings. The lowest BCUT2D eigenvalue weighted by molar-refractivity contribution is 0.194. The van der Waals surface area contributed by atoms with Crippen molar-refractivity contribution in [1.29, 1.82) is 0 Å². The average molecular weight is 316 g/mol. The topological polar surface area (TPSA) is 77.4 Å². The zero-order valence-corrected chi connectivity index (χ0v) is 13.4. The van der Waals surface area contributed by atoms with Crippen molar-refractivity contribution in [2.75, 3.05) is 19.0 Å². The Morgan fingerprint density at radius 3 is 3.00 bits per heavy atom. The molecule has 122 valence electrons. The molecular formula is C16H20N4O3. The third-order valence-electron chi connectivity index (χ3n) is 3.97. The first-order valence-corrected chi connectivity index (χ1v) is 7.41. The quantitative estimate of drug-likeness (QED) is 0.910. The smallest absolute Gasteiger partial charge is 0.320 e. The summed E-state index contributed by atoms with van der Waals surface area (Å²) in [6.07, 6.45) is 2.39. The lowest BCUT2D eigenvalue weighted by Gasteiger charge is -2.36. The van der Waals surface area contributed by atoms with E-state index in [2.05, 4.69) is 15.7 Å². The number of nitrogens with zero attached hydrogens (tertiary/aromatic N) is 2. The van der Waals surface area contributed by atoms with Gasteiger partial charge in [0.15, 0.2) is 0 Å². The summed E-state index contributed by atoms with van der Waals surface area (Å²) in [7, 11) is 3.28. The number of aromatic nitrogens is 2. The number of urea groups is 1. The first kappa shape index (κ1) is 15.2. The highest BCUT2D eigenvalue weighted by atomic mass is 16.5. The molecule has 1 aromatic carbocycles. The second kappa shape index (κ2) is 5.83. The van der Waals surface area contributed by atoms with Crippen molar-refractivity contribution in [1.82, 2.24) is 15.1 Å². The minimum Gasteiger partial charge on any atom is -0.493 e. The lowest BCUT2D eigenvalue weighted by atomic mass is 9.86. The zero-order chi connectivity index (χ0) is 16.4. The SMILES string of the molecule is COc1nn(C)cc1NC(=O)NC1(C)CCOc2ccccc21. The van der Waals surface area contributed by atoms with E-state index in [-0.39, 0.29) is 6.03 Å². The van der Waals surface area contributed by atoms with Gasteiger partial charge in [0.25, 0.3) is 5.88 Å². The van der Waals surface area contributed by atoms with E-state index in [1.54, 1.807) is 17.9 Å². The summed E-state index contributed by atoms with van der Waals surface area (Å²) in [4.78, 5) is 12.4. The molecule has 0 saturated carbocycles. The van der Waals surface area contributed by atoms with Crippen LogP contribution in [0.2, 0.25) is 0 Å². The molecule has 0 saturated heterocycles. The highest BCUT2D eigenvalue weighted by Gasteiger charge is 2.34.